The van der Waals surface area contributed by atoms with Crippen molar-refractivity contribution in [1.82, 2.24) is 15.5 Å². The molecule has 2 aliphatic rings. The fourth-order valence-electron chi connectivity index (χ4n) is 2.63. The third-order valence-electron chi connectivity index (χ3n) is 3.63. The lowest BCUT2D eigenvalue weighted by Crippen LogP contribution is -2.44. The molecule has 0 saturated heterocycles. The molecule has 0 fully saturated rings. The first-order valence-corrected chi connectivity index (χ1v) is 7.72. The second-order valence-electron chi connectivity index (χ2n) is 5.02. The van der Waals surface area contributed by atoms with E-state index in [1.807, 2.05) is 22.4 Å². The van der Waals surface area contributed by atoms with E-state index < -0.39 is 0 Å². The highest BCUT2D eigenvalue weighted by Gasteiger charge is 2.40. The molecule has 1 aromatic heterocycles. The van der Waals surface area contributed by atoms with Crippen molar-refractivity contribution in [2.45, 2.75) is 25.8 Å². The van der Waals surface area contributed by atoms with Gasteiger partial charge in [-0.1, -0.05) is 19.4 Å². The molecular formula is C14H17N3O2S. The number of nitrogens with zero attached hydrogens (tertiary/aromatic N) is 1. The molecule has 2 N–H and O–H groups in total. The van der Waals surface area contributed by atoms with Crippen molar-refractivity contribution >= 4 is 23.3 Å². The first-order valence-electron chi connectivity index (χ1n) is 6.84. The van der Waals surface area contributed by atoms with Crippen molar-refractivity contribution < 1.29 is 9.59 Å². The standard InChI is InChI=1S/C14H17N3O2S/c1-2-3-6-17-8-9-11(13(17)18)12(16-14(19)15-9)10-5-4-7-20-10/h4-5,7,12H,2-3,6,8H2,1H3,(H2,15,16,19)/t12-/m0/s1. The van der Waals surface area contributed by atoms with Gasteiger partial charge >= 0.3 is 6.03 Å². The van der Waals surface area contributed by atoms with Gasteiger partial charge in [0.2, 0.25) is 0 Å². The van der Waals surface area contributed by atoms with Crippen molar-refractivity contribution in [2.75, 3.05) is 13.1 Å². The molecule has 0 bridgehead atoms. The molecule has 0 unspecified atom stereocenters. The molecule has 2 aliphatic heterocycles. The Balaban J connectivity index is 1.88. The minimum absolute atomic E-state index is 0.0411. The summed E-state index contributed by atoms with van der Waals surface area (Å²) in [6, 6.07) is 3.35. The number of carbonyl (C=O) groups excluding carboxylic acids is 2. The Morgan fingerprint density at radius 1 is 1.45 bits per heavy atom. The Hall–Kier alpha value is -1.82. The Labute approximate surface area is 121 Å². The number of amides is 3. The number of hydrogen-bond acceptors (Lipinski definition) is 3. The average molecular weight is 291 g/mol. The van der Waals surface area contributed by atoms with Crippen LogP contribution in [0.2, 0.25) is 0 Å². The van der Waals surface area contributed by atoms with E-state index in [9.17, 15) is 9.59 Å². The van der Waals surface area contributed by atoms with Crippen LogP contribution in [0.4, 0.5) is 4.79 Å². The van der Waals surface area contributed by atoms with Crippen molar-refractivity contribution in [3.63, 3.8) is 0 Å². The van der Waals surface area contributed by atoms with Crippen LogP contribution in [0.15, 0.2) is 28.8 Å². The van der Waals surface area contributed by atoms with Gasteiger partial charge in [0.15, 0.2) is 0 Å². The predicted molar refractivity (Wildman–Crippen MR) is 77.2 cm³/mol. The van der Waals surface area contributed by atoms with Crippen LogP contribution < -0.4 is 10.6 Å². The number of urea groups is 1. The van der Waals surface area contributed by atoms with Gasteiger partial charge in [0.05, 0.1) is 23.9 Å². The second kappa shape index (κ2) is 5.28. The molecule has 0 aliphatic carbocycles. The van der Waals surface area contributed by atoms with E-state index in [0.717, 1.165) is 30.0 Å². The van der Waals surface area contributed by atoms with Crippen LogP contribution >= 0.6 is 11.3 Å². The third-order valence-corrected chi connectivity index (χ3v) is 4.57. The number of nitrogens with one attached hydrogen (secondary N) is 2. The van der Waals surface area contributed by atoms with Crippen LogP contribution in [0.25, 0.3) is 0 Å². The van der Waals surface area contributed by atoms with Gasteiger partial charge in [0, 0.05) is 11.4 Å². The molecule has 5 nitrogen and oxygen atoms in total. The number of thiophene rings is 1. The fraction of sp³-hybridized carbons (Fsp3) is 0.429. The van der Waals surface area contributed by atoms with Crippen LogP contribution in [-0.2, 0) is 4.79 Å². The lowest BCUT2D eigenvalue weighted by molar-refractivity contribution is -0.125. The maximum atomic E-state index is 12.5. The van der Waals surface area contributed by atoms with Gasteiger partial charge in [0.25, 0.3) is 5.91 Å². The quantitative estimate of drug-likeness (QED) is 0.891. The number of carbonyl (C=O) groups is 2. The molecule has 3 heterocycles. The van der Waals surface area contributed by atoms with E-state index >= 15 is 0 Å². The Kier molecular flexibility index (Phi) is 3.48. The van der Waals surface area contributed by atoms with Crippen molar-refractivity contribution in [2.24, 2.45) is 0 Å². The summed E-state index contributed by atoms with van der Waals surface area (Å²) in [4.78, 5) is 27.1. The summed E-state index contributed by atoms with van der Waals surface area (Å²) >= 11 is 1.55. The second-order valence-corrected chi connectivity index (χ2v) is 6.00. The first-order chi connectivity index (χ1) is 9.70. The van der Waals surface area contributed by atoms with Gasteiger partial charge in [-0.15, -0.1) is 11.3 Å². The van der Waals surface area contributed by atoms with Crippen LogP contribution in [0.3, 0.4) is 0 Å². The van der Waals surface area contributed by atoms with E-state index in [1.54, 1.807) is 11.3 Å². The molecule has 0 saturated carbocycles. The van der Waals surface area contributed by atoms with Gasteiger partial charge in [-0.2, -0.15) is 0 Å². The first kappa shape index (κ1) is 13.2. The normalized spacial score (nSPS) is 21.9. The number of unbranched alkanes of at least 4 members (excludes halogenated alkanes) is 1. The number of rotatable bonds is 4. The summed E-state index contributed by atoms with van der Waals surface area (Å²) < 4.78 is 0. The molecule has 1 aromatic rings. The molecule has 0 spiro atoms. The van der Waals surface area contributed by atoms with E-state index in [2.05, 4.69) is 17.6 Å². The molecule has 3 amide bonds. The van der Waals surface area contributed by atoms with Crippen molar-refractivity contribution in [1.29, 1.82) is 0 Å². The highest BCUT2D eigenvalue weighted by molar-refractivity contribution is 7.10. The zero-order valence-electron chi connectivity index (χ0n) is 11.3. The summed E-state index contributed by atoms with van der Waals surface area (Å²) in [6.45, 7) is 3.37. The molecule has 0 radical (unpaired) electrons. The van der Waals surface area contributed by atoms with Gasteiger partial charge in [0.1, 0.15) is 0 Å². The molecule has 106 valence electrons. The van der Waals surface area contributed by atoms with Crippen LogP contribution in [0.5, 0.6) is 0 Å². The monoisotopic (exact) mass is 291 g/mol. The van der Waals surface area contributed by atoms with Crippen molar-refractivity contribution in [3.8, 4) is 0 Å². The average Bonchev–Trinajstić information content (AvgIpc) is 3.04. The summed E-state index contributed by atoms with van der Waals surface area (Å²) in [6.07, 6.45) is 2.03. The molecule has 6 heteroatoms. The van der Waals surface area contributed by atoms with E-state index in [4.69, 9.17) is 0 Å². The zero-order valence-corrected chi connectivity index (χ0v) is 12.1. The molecule has 3 rings (SSSR count). The highest BCUT2D eigenvalue weighted by Crippen LogP contribution is 2.34. The van der Waals surface area contributed by atoms with Gasteiger partial charge in [-0.25, -0.2) is 4.79 Å². The van der Waals surface area contributed by atoms with Crippen LogP contribution in [0, 0.1) is 0 Å². The fourth-order valence-corrected chi connectivity index (χ4v) is 3.41. The Morgan fingerprint density at radius 3 is 3.00 bits per heavy atom. The van der Waals surface area contributed by atoms with Crippen molar-refractivity contribution in [3.05, 3.63) is 33.7 Å². The maximum absolute atomic E-state index is 12.5. The lowest BCUT2D eigenvalue weighted by atomic mass is 10.0. The molecule has 20 heavy (non-hydrogen) atoms. The Bertz CT molecular complexity index is 565. The largest absolute Gasteiger partial charge is 0.333 e. The third kappa shape index (κ3) is 2.20. The molecule has 1 atom stereocenters. The molecular weight excluding hydrogens is 274 g/mol. The SMILES string of the molecule is CCCCN1CC2=C(C1=O)[C@H](c1cccs1)NC(=O)N2. The Morgan fingerprint density at radius 2 is 2.30 bits per heavy atom. The van der Waals surface area contributed by atoms with Gasteiger partial charge in [-0.3, -0.25) is 4.79 Å². The zero-order chi connectivity index (χ0) is 14.1. The van der Waals surface area contributed by atoms with Gasteiger partial charge < -0.3 is 15.5 Å². The summed E-state index contributed by atoms with van der Waals surface area (Å²) in [5.74, 6) is 0.0411. The molecule has 0 aromatic carbocycles. The van der Waals surface area contributed by atoms with Crippen LogP contribution in [-0.4, -0.2) is 29.9 Å². The summed E-state index contributed by atoms with van der Waals surface area (Å²) in [5.41, 5.74) is 1.46. The smallest absolute Gasteiger partial charge is 0.319 e. The van der Waals surface area contributed by atoms with E-state index in [0.29, 0.717) is 12.1 Å². The maximum Gasteiger partial charge on any atom is 0.319 e. The van der Waals surface area contributed by atoms with Gasteiger partial charge in [-0.05, 0) is 17.9 Å². The lowest BCUT2D eigenvalue weighted by Gasteiger charge is -2.24. The number of hydrogen-bond donors (Lipinski definition) is 2. The minimum Gasteiger partial charge on any atom is -0.333 e. The topological polar surface area (TPSA) is 61.4 Å². The highest BCUT2D eigenvalue weighted by atomic mass is 32.1. The predicted octanol–water partition coefficient (Wildman–Crippen LogP) is 2.00. The summed E-state index contributed by atoms with van der Waals surface area (Å²) in [7, 11) is 0. The van der Waals surface area contributed by atoms with E-state index in [1.165, 1.54) is 0 Å². The summed E-state index contributed by atoms with van der Waals surface area (Å²) in [5, 5.41) is 7.59. The van der Waals surface area contributed by atoms with E-state index in [-0.39, 0.29) is 18.0 Å². The van der Waals surface area contributed by atoms with Crippen LogP contribution in [0.1, 0.15) is 30.7 Å². The minimum atomic E-state index is -0.308.